The zero-order chi connectivity index (χ0) is 12.1. The first kappa shape index (κ1) is 13.1. The van der Waals surface area contributed by atoms with E-state index in [1.165, 1.54) is 18.2 Å². The fraction of sp³-hybridized carbons (Fsp3) is 0.417. The van der Waals surface area contributed by atoms with E-state index in [1.54, 1.807) is 0 Å². The van der Waals surface area contributed by atoms with Crippen LogP contribution in [0.4, 0.5) is 4.39 Å². The lowest BCUT2D eigenvalue weighted by atomic mass is 9.93. The number of hydrogen-bond donors (Lipinski definition) is 1. The predicted octanol–water partition coefficient (Wildman–Crippen LogP) is 3.56. The van der Waals surface area contributed by atoms with Crippen LogP contribution in [0.25, 0.3) is 0 Å². The van der Waals surface area contributed by atoms with Crippen LogP contribution >= 0.6 is 15.9 Å². The van der Waals surface area contributed by atoms with Gasteiger partial charge in [0.15, 0.2) is 0 Å². The van der Waals surface area contributed by atoms with Gasteiger partial charge >= 0.3 is 0 Å². The molecule has 0 saturated heterocycles. The Morgan fingerprint density at radius 2 is 2.25 bits per heavy atom. The zero-order valence-electron chi connectivity index (χ0n) is 8.95. The summed E-state index contributed by atoms with van der Waals surface area (Å²) in [6.45, 7) is 1.94. The van der Waals surface area contributed by atoms with Crippen molar-refractivity contribution >= 4 is 15.9 Å². The van der Waals surface area contributed by atoms with Crippen LogP contribution in [0.3, 0.4) is 0 Å². The molecule has 1 aromatic rings. The van der Waals surface area contributed by atoms with E-state index in [2.05, 4.69) is 22.0 Å². The lowest BCUT2D eigenvalue weighted by Crippen LogP contribution is -2.11. The Kier molecular flexibility index (Phi) is 4.91. The Bertz CT molecular complexity index is 402. The molecule has 2 unspecified atom stereocenters. The van der Waals surface area contributed by atoms with E-state index in [4.69, 9.17) is 5.26 Å². The van der Waals surface area contributed by atoms with Crippen molar-refractivity contribution in [3.63, 3.8) is 0 Å². The number of nitrogens with zero attached hydrogens (tertiary/aromatic N) is 1. The molecule has 0 aliphatic rings. The second-order valence-electron chi connectivity index (χ2n) is 3.63. The molecule has 0 heterocycles. The maximum absolute atomic E-state index is 13.0. The molecule has 16 heavy (non-hydrogen) atoms. The third-order valence-electron chi connectivity index (χ3n) is 2.42. The summed E-state index contributed by atoms with van der Waals surface area (Å²) in [7, 11) is 0. The third kappa shape index (κ3) is 3.03. The molecule has 0 saturated carbocycles. The summed E-state index contributed by atoms with van der Waals surface area (Å²) in [6, 6.07) is 6.16. The number of aliphatic hydroxyl groups is 1. The zero-order valence-corrected chi connectivity index (χ0v) is 10.5. The van der Waals surface area contributed by atoms with Crippen molar-refractivity contribution in [2.45, 2.75) is 25.9 Å². The highest BCUT2D eigenvalue weighted by molar-refractivity contribution is 9.10. The van der Waals surface area contributed by atoms with E-state index in [0.29, 0.717) is 16.5 Å². The minimum absolute atomic E-state index is 0.412. The molecule has 0 spiro atoms. The van der Waals surface area contributed by atoms with Crippen molar-refractivity contribution in [2.75, 3.05) is 0 Å². The van der Waals surface area contributed by atoms with Gasteiger partial charge in [0, 0.05) is 4.47 Å². The summed E-state index contributed by atoms with van der Waals surface area (Å²) in [5.41, 5.74) is 0.431. The molecule has 1 aromatic carbocycles. The maximum atomic E-state index is 13.0. The highest BCUT2D eigenvalue weighted by Gasteiger charge is 2.22. The van der Waals surface area contributed by atoms with Crippen LogP contribution in [0.5, 0.6) is 0 Å². The second kappa shape index (κ2) is 5.97. The molecule has 0 aromatic heterocycles. The largest absolute Gasteiger partial charge is 0.387 e. The molecular weight excluding hydrogens is 273 g/mol. The number of halogens is 2. The number of hydrogen-bond acceptors (Lipinski definition) is 2. The Hall–Kier alpha value is -0.920. The molecule has 2 nitrogen and oxygen atoms in total. The van der Waals surface area contributed by atoms with Gasteiger partial charge in [-0.1, -0.05) is 29.3 Å². The van der Waals surface area contributed by atoms with Crippen molar-refractivity contribution in [1.29, 1.82) is 5.26 Å². The van der Waals surface area contributed by atoms with Crippen LogP contribution in [0.2, 0.25) is 0 Å². The fourth-order valence-corrected chi connectivity index (χ4v) is 2.04. The van der Waals surface area contributed by atoms with Gasteiger partial charge in [0.25, 0.3) is 0 Å². The van der Waals surface area contributed by atoms with E-state index in [9.17, 15) is 9.50 Å². The average Bonchev–Trinajstić information content (AvgIpc) is 2.28. The van der Waals surface area contributed by atoms with Crippen LogP contribution in [0.1, 0.15) is 31.4 Å². The summed E-state index contributed by atoms with van der Waals surface area (Å²) < 4.78 is 13.7. The topological polar surface area (TPSA) is 44.0 Å². The summed E-state index contributed by atoms with van der Waals surface area (Å²) >= 11 is 3.24. The van der Waals surface area contributed by atoms with E-state index in [1.807, 2.05) is 6.92 Å². The number of nitriles is 1. The van der Waals surface area contributed by atoms with Crippen molar-refractivity contribution in [2.24, 2.45) is 5.92 Å². The maximum Gasteiger partial charge on any atom is 0.123 e. The van der Waals surface area contributed by atoms with E-state index in [0.717, 1.165) is 6.42 Å². The number of aliphatic hydroxyl groups excluding tert-OH is 1. The Balaban J connectivity index is 2.98. The van der Waals surface area contributed by atoms with Crippen molar-refractivity contribution in [3.8, 4) is 6.07 Å². The first-order valence-electron chi connectivity index (χ1n) is 5.12. The molecule has 0 fully saturated rings. The fourth-order valence-electron chi connectivity index (χ4n) is 1.56. The van der Waals surface area contributed by atoms with Crippen LogP contribution in [0.15, 0.2) is 22.7 Å². The Morgan fingerprint density at radius 1 is 1.56 bits per heavy atom. The van der Waals surface area contributed by atoms with Gasteiger partial charge in [-0.3, -0.25) is 0 Å². The van der Waals surface area contributed by atoms with Gasteiger partial charge in [-0.15, -0.1) is 0 Å². The van der Waals surface area contributed by atoms with Gasteiger partial charge in [-0.05, 0) is 30.2 Å². The normalized spacial score (nSPS) is 14.2. The van der Waals surface area contributed by atoms with Crippen molar-refractivity contribution in [1.82, 2.24) is 0 Å². The van der Waals surface area contributed by atoms with Gasteiger partial charge < -0.3 is 5.11 Å². The quantitative estimate of drug-likeness (QED) is 0.919. The molecule has 4 heteroatoms. The molecule has 1 N–H and O–H groups in total. The molecule has 2 atom stereocenters. The summed E-state index contributed by atoms with van der Waals surface area (Å²) in [4.78, 5) is 0. The van der Waals surface area contributed by atoms with Gasteiger partial charge in [-0.25, -0.2) is 4.39 Å². The van der Waals surface area contributed by atoms with Crippen LogP contribution < -0.4 is 0 Å². The molecule has 0 amide bonds. The van der Waals surface area contributed by atoms with E-state index >= 15 is 0 Å². The van der Waals surface area contributed by atoms with E-state index < -0.39 is 17.8 Å². The van der Waals surface area contributed by atoms with Gasteiger partial charge in [0.1, 0.15) is 5.82 Å². The molecule has 0 radical (unpaired) electrons. The molecule has 0 bridgehead atoms. The average molecular weight is 286 g/mol. The summed E-state index contributed by atoms with van der Waals surface area (Å²) in [6.07, 6.45) is 0.457. The molecular formula is C12H13BrFNO. The van der Waals surface area contributed by atoms with Gasteiger partial charge in [0.05, 0.1) is 18.1 Å². The van der Waals surface area contributed by atoms with Crippen LogP contribution in [-0.4, -0.2) is 5.11 Å². The number of rotatable bonds is 4. The first-order valence-corrected chi connectivity index (χ1v) is 5.92. The Morgan fingerprint density at radius 3 is 2.81 bits per heavy atom. The van der Waals surface area contributed by atoms with Gasteiger partial charge in [-0.2, -0.15) is 5.26 Å². The monoisotopic (exact) mass is 285 g/mol. The highest BCUT2D eigenvalue weighted by Crippen LogP contribution is 2.31. The Labute approximate surface area is 103 Å². The lowest BCUT2D eigenvalue weighted by molar-refractivity contribution is 0.129. The summed E-state index contributed by atoms with van der Waals surface area (Å²) in [5, 5.41) is 18.9. The smallest absolute Gasteiger partial charge is 0.123 e. The van der Waals surface area contributed by atoms with E-state index in [-0.39, 0.29) is 0 Å². The molecule has 86 valence electrons. The van der Waals surface area contributed by atoms with Crippen molar-refractivity contribution < 1.29 is 9.50 Å². The number of benzene rings is 1. The standard InChI is InChI=1S/C12H13BrFNO/c1-2-3-8(7-15)12(16)10-6-9(14)4-5-11(10)13/h4-6,8,12,16H,2-3H2,1H3. The minimum atomic E-state index is -0.949. The summed E-state index contributed by atoms with van der Waals surface area (Å²) in [5.74, 6) is -0.909. The van der Waals surface area contributed by atoms with Crippen LogP contribution in [-0.2, 0) is 0 Å². The molecule has 1 rings (SSSR count). The van der Waals surface area contributed by atoms with Crippen molar-refractivity contribution in [3.05, 3.63) is 34.1 Å². The molecule has 0 aliphatic carbocycles. The second-order valence-corrected chi connectivity index (χ2v) is 4.49. The molecule has 0 aliphatic heterocycles. The highest BCUT2D eigenvalue weighted by atomic mass is 79.9. The third-order valence-corrected chi connectivity index (χ3v) is 3.15. The predicted molar refractivity (Wildman–Crippen MR) is 63.1 cm³/mol. The minimum Gasteiger partial charge on any atom is -0.387 e. The van der Waals surface area contributed by atoms with Crippen LogP contribution in [0, 0.1) is 23.1 Å². The lowest BCUT2D eigenvalue weighted by Gasteiger charge is -2.17. The van der Waals surface area contributed by atoms with Gasteiger partial charge in [0.2, 0.25) is 0 Å². The first-order chi connectivity index (χ1) is 7.60. The SMILES string of the molecule is CCCC(C#N)C(O)c1cc(F)ccc1Br.